The Bertz CT molecular complexity index is 1300. The Morgan fingerprint density at radius 3 is 2.58 bits per heavy atom. The fourth-order valence-corrected chi connectivity index (χ4v) is 6.09. The van der Waals surface area contributed by atoms with Crippen LogP contribution >= 0.6 is 11.6 Å². The number of methoxy groups -OCH3 is 1. The number of rotatable bonds is 10. The van der Waals surface area contributed by atoms with Gasteiger partial charge in [0.1, 0.15) is 27.0 Å². The molecule has 0 amide bonds. The lowest BCUT2D eigenvalue weighted by Gasteiger charge is -2.33. The van der Waals surface area contributed by atoms with Gasteiger partial charge in [0.05, 0.1) is 30.2 Å². The van der Waals surface area contributed by atoms with Crippen LogP contribution in [0.3, 0.4) is 0 Å². The van der Waals surface area contributed by atoms with Gasteiger partial charge in [0.15, 0.2) is 0 Å². The fourth-order valence-electron chi connectivity index (χ4n) is 4.66. The van der Waals surface area contributed by atoms with Crippen LogP contribution in [0.2, 0.25) is 5.02 Å². The summed E-state index contributed by atoms with van der Waals surface area (Å²) in [6.45, 7) is 3.18. The third kappa shape index (κ3) is 6.63. The van der Waals surface area contributed by atoms with E-state index in [9.17, 15) is 8.42 Å². The molecule has 1 aromatic carbocycles. The summed E-state index contributed by atoms with van der Waals surface area (Å²) in [7, 11) is 2.73. The Balaban J connectivity index is 1.55. The first-order valence-electron chi connectivity index (χ1n) is 12.2. The minimum Gasteiger partial charge on any atom is -0.495 e. The molecule has 8 nitrogen and oxygen atoms in total. The number of aromatic nitrogens is 2. The van der Waals surface area contributed by atoms with Gasteiger partial charge in [-0.1, -0.05) is 11.6 Å². The molecule has 0 N–H and O–H groups in total. The topological polar surface area (TPSA) is 76.4 Å². The van der Waals surface area contributed by atoms with Crippen molar-refractivity contribution in [2.75, 3.05) is 64.4 Å². The molecular formula is C26H35ClN4O4S. The highest BCUT2D eigenvalue weighted by Crippen LogP contribution is 2.38. The van der Waals surface area contributed by atoms with Crippen LogP contribution in [0.4, 0.5) is 5.69 Å². The molecule has 0 atom stereocenters. The van der Waals surface area contributed by atoms with Crippen molar-refractivity contribution >= 4 is 32.8 Å². The van der Waals surface area contributed by atoms with Crippen LogP contribution in [0.5, 0.6) is 11.5 Å². The standard InChI is InChI=1S/C26H35ClN4O4S/c1-29(2)9-5-13-35-24-16-25(34-3)22(27)15-21(24)23-17-31-12-8-20(14-26(31)28-23)30-10-6-19(7-11-30)18-36(4,32)33/h8,12,14-17,19H,5-7,9-11,13,18H2,1-4H3. The number of halogens is 1. The van der Waals surface area contributed by atoms with Crippen molar-refractivity contribution in [3.05, 3.63) is 41.7 Å². The molecule has 36 heavy (non-hydrogen) atoms. The van der Waals surface area contributed by atoms with Gasteiger partial charge in [-0.2, -0.15) is 0 Å². The average Bonchev–Trinajstić information content (AvgIpc) is 3.25. The van der Waals surface area contributed by atoms with Crippen molar-refractivity contribution in [1.82, 2.24) is 14.3 Å². The number of fused-ring (bicyclic) bond motifs is 1. The maximum Gasteiger partial charge on any atom is 0.147 e. The Morgan fingerprint density at radius 1 is 1.17 bits per heavy atom. The van der Waals surface area contributed by atoms with E-state index in [2.05, 4.69) is 21.9 Å². The number of ether oxygens (including phenoxy) is 2. The molecule has 0 saturated carbocycles. The SMILES string of the molecule is COc1cc(OCCCN(C)C)c(-c2cn3ccc(N4CCC(CS(C)(=O)=O)CC4)cc3n2)cc1Cl. The second-order valence-electron chi connectivity index (χ2n) is 9.79. The zero-order chi connectivity index (χ0) is 25.9. The molecule has 4 rings (SSSR count). The summed E-state index contributed by atoms with van der Waals surface area (Å²) >= 11 is 6.47. The second kappa shape index (κ2) is 11.3. The number of pyridine rings is 1. The number of benzene rings is 1. The van der Waals surface area contributed by atoms with Crippen LogP contribution in [0, 0.1) is 5.92 Å². The lowest BCUT2D eigenvalue weighted by atomic mass is 9.98. The van der Waals surface area contributed by atoms with E-state index in [4.69, 9.17) is 26.1 Å². The van der Waals surface area contributed by atoms with Gasteiger partial charge in [-0.3, -0.25) is 0 Å². The summed E-state index contributed by atoms with van der Waals surface area (Å²) in [5, 5.41) is 0.503. The molecule has 0 radical (unpaired) electrons. The fraction of sp³-hybridized carbons (Fsp3) is 0.500. The lowest BCUT2D eigenvalue weighted by molar-refractivity contribution is 0.281. The maximum atomic E-state index is 11.6. The molecule has 0 aliphatic carbocycles. The smallest absolute Gasteiger partial charge is 0.147 e. The van der Waals surface area contributed by atoms with Crippen LogP contribution in [0.15, 0.2) is 36.7 Å². The summed E-state index contributed by atoms with van der Waals surface area (Å²) in [4.78, 5) is 9.31. The van der Waals surface area contributed by atoms with E-state index < -0.39 is 9.84 Å². The van der Waals surface area contributed by atoms with E-state index in [1.165, 1.54) is 6.26 Å². The quantitative estimate of drug-likeness (QED) is 0.360. The van der Waals surface area contributed by atoms with Gasteiger partial charge in [-0.25, -0.2) is 13.4 Å². The van der Waals surface area contributed by atoms with Gasteiger partial charge in [-0.05, 0) is 51.4 Å². The van der Waals surface area contributed by atoms with Crippen molar-refractivity contribution < 1.29 is 17.9 Å². The molecule has 2 aromatic heterocycles. The molecule has 0 unspecified atom stereocenters. The number of nitrogens with zero attached hydrogens (tertiary/aromatic N) is 4. The number of hydrogen-bond acceptors (Lipinski definition) is 7. The first-order chi connectivity index (χ1) is 17.1. The molecule has 196 valence electrons. The summed E-state index contributed by atoms with van der Waals surface area (Å²) in [5.74, 6) is 1.75. The van der Waals surface area contributed by atoms with Gasteiger partial charge in [0, 0.05) is 61.7 Å². The summed E-state index contributed by atoms with van der Waals surface area (Å²) in [5.41, 5.74) is 3.50. The molecule has 1 fully saturated rings. The van der Waals surface area contributed by atoms with Crippen molar-refractivity contribution in [2.24, 2.45) is 5.92 Å². The molecule has 1 aliphatic heterocycles. The van der Waals surface area contributed by atoms with Gasteiger partial charge >= 0.3 is 0 Å². The number of hydrogen-bond donors (Lipinski definition) is 0. The van der Waals surface area contributed by atoms with E-state index in [1.54, 1.807) is 7.11 Å². The van der Waals surface area contributed by atoms with Gasteiger partial charge < -0.3 is 23.7 Å². The number of piperidine rings is 1. The highest BCUT2D eigenvalue weighted by atomic mass is 35.5. The molecule has 0 bridgehead atoms. The highest BCUT2D eigenvalue weighted by Gasteiger charge is 2.23. The molecular weight excluding hydrogens is 500 g/mol. The third-order valence-corrected chi connectivity index (χ3v) is 7.87. The largest absolute Gasteiger partial charge is 0.495 e. The van der Waals surface area contributed by atoms with Crippen LogP contribution in [-0.4, -0.2) is 82.2 Å². The van der Waals surface area contributed by atoms with E-state index in [0.717, 1.165) is 61.5 Å². The van der Waals surface area contributed by atoms with Crippen LogP contribution in [0.25, 0.3) is 16.9 Å². The first kappa shape index (κ1) is 26.6. The van der Waals surface area contributed by atoms with Crippen LogP contribution in [-0.2, 0) is 9.84 Å². The Hall–Kier alpha value is -2.49. The molecule has 0 spiro atoms. The van der Waals surface area contributed by atoms with E-state index >= 15 is 0 Å². The Kier molecular flexibility index (Phi) is 8.32. The molecule has 1 aliphatic rings. The zero-order valence-corrected chi connectivity index (χ0v) is 23.0. The summed E-state index contributed by atoms with van der Waals surface area (Å²) < 4.78 is 36.8. The first-order valence-corrected chi connectivity index (χ1v) is 14.6. The Labute approximate surface area is 218 Å². The molecule has 10 heteroatoms. The van der Waals surface area contributed by atoms with Crippen molar-refractivity contribution in [1.29, 1.82) is 0 Å². The van der Waals surface area contributed by atoms with Crippen molar-refractivity contribution in [3.63, 3.8) is 0 Å². The van der Waals surface area contributed by atoms with Crippen LogP contribution < -0.4 is 14.4 Å². The van der Waals surface area contributed by atoms with E-state index in [0.29, 0.717) is 23.1 Å². The van der Waals surface area contributed by atoms with Gasteiger partial charge in [-0.15, -0.1) is 0 Å². The highest BCUT2D eigenvalue weighted by molar-refractivity contribution is 7.90. The molecule has 1 saturated heterocycles. The van der Waals surface area contributed by atoms with Gasteiger partial charge in [0.2, 0.25) is 0 Å². The van der Waals surface area contributed by atoms with E-state index in [1.807, 2.05) is 43.0 Å². The normalized spacial score (nSPS) is 15.1. The zero-order valence-electron chi connectivity index (χ0n) is 21.4. The van der Waals surface area contributed by atoms with Crippen molar-refractivity contribution in [2.45, 2.75) is 19.3 Å². The molecule has 3 aromatic rings. The summed E-state index contributed by atoms with van der Waals surface area (Å²) in [6.07, 6.45) is 7.94. The third-order valence-electron chi connectivity index (χ3n) is 6.50. The molecule has 3 heterocycles. The number of sulfone groups is 1. The maximum absolute atomic E-state index is 11.6. The number of imidazole rings is 1. The second-order valence-corrected chi connectivity index (χ2v) is 12.4. The monoisotopic (exact) mass is 534 g/mol. The van der Waals surface area contributed by atoms with Crippen LogP contribution in [0.1, 0.15) is 19.3 Å². The number of anilines is 1. The minimum absolute atomic E-state index is 0.231. The lowest BCUT2D eigenvalue weighted by Crippen LogP contribution is -2.35. The summed E-state index contributed by atoms with van der Waals surface area (Å²) in [6, 6.07) is 7.82. The average molecular weight is 535 g/mol. The van der Waals surface area contributed by atoms with E-state index in [-0.39, 0.29) is 11.7 Å². The predicted octanol–water partition coefficient (Wildman–Crippen LogP) is 4.25. The minimum atomic E-state index is -2.94. The predicted molar refractivity (Wildman–Crippen MR) is 146 cm³/mol. The Morgan fingerprint density at radius 2 is 1.92 bits per heavy atom. The van der Waals surface area contributed by atoms with Gasteiger partial charge in [0.25, 0.3) is 0 Å². The van der Waals surface area contributed by atoms with Crippen molar-refractivity contribution in [3.8, 4) is 22.8 Å².